The fourth-order valence-corrected chi connectivity index (χ4v) is 1.66. The molecule has 0 saturated carbocycles. The Balaban J connectivity index is 2.54. The van der Waals surface area contributed by atoms with Crippen molar-refractivity contribution in [3.8, 4) is 11.8 Å². The number of hydrogen-bond acceptors (Lipinski definition) is 1. The molecule has 1 unspecified atom stereocenters. The summed E-state index contributed by atoms with van der Waals surface area (Å²) >= 11 is 0. The van der Waals surface area contributed by atoms with Crippen molar-refractivity contribution in [3.63, 3.8) is 0 Å². The summed E-state index contributed by atoms with van der Waals surface area (Å²) in [6.45, 7) is 6.16. The lowest BCUT2D eigenvalue weighted by molar-refractivity contribution is 0.181. The molecular weight excluding hydrogens is 220 g/mol. The second-order valence-electron chi connectivity index (χ2n) is 5.11. The average molecular weight is 244 g/mol. The highest BCUT2D eigenvalue weighted by Crippen LogP contribution is 2.08. The van der Waals surface area contributed by atoms with Gasteiger partial charge in [0.2, 0.25) is 0 Å². The predicted molar refractivity (Wildman–Crippen MR) is 77.4 cm³/mol. The molecule has 1 nitrogen and oxygen atoms in total. The molecule has 1 atom stereocenters. The van der Waals surface area contributed by atoms with E-state index in [1.807, 2.05) is 26.0 Å². The van der Waals surface area contributed by atoms with Crippen molar-refractivity contribution in [3.05, 3.63) is 35.4 Å². The third-order valence-corrected chi connectivity index (χ3v) is 3.02. The first-order valence-electron chi connectivity index (χ1n) is 6.92. The van der Waals surface area contributed by atoms with Gasteiger partial charge < -0.3 is 5.11 Å². The normalized spacial score (nSPS) is 12.1. The molecule has 0 aliphatic heterocycles. The molecular formula is C17H24O. The lowest BCUT2D eigenvalue weighted by Crippen LogP contribution is -2.11. The molecule has 0 heterocycles. The molecule has 1 rings (SSSR count). The van der Waals surface area contributed by atoms with Crippen LogP contribution in [0.5, 0.6) is 0 Å². The van der Waals surface area contributed by atoms with E-state index in [0.717, 1.165) is 12.0 Å². The Labute approximate surface area is 111 Å². The van der Waals surface area contributed by atoms with Gasteiger partial charge in [-0.1, -0.05) is 57.6 Å². The van der Waals surface area contributed by atoms with Crippen molar-refractivity contribution in [1.82, 2.24) is 0 Å². The number of aliphatic hydroxyl groups excluding tert-OH is 1. The molecule has 0 bridgehead atoms. The van der Waals surface area contributed by atoms with Crippen LogP contribution in [0.1, 0.15) is 51.2 Å². The highest BCUT2D eigenvalue weighted by molar-refractivity contribution is 5.36. The quantitative estimate of drug-likeness (QED) is 0.617. The lowest BCUT2D eigenvalue weighted by Gasteiger charge is -2.05. The zero-order valence-electron chi connectivity index (χ0n) is 11.7. The zero-order valence-corrected chi connectivity index (χ0v) is 11.7. The number of rotatable bonds is 5. The Hall–Kier alpha value is -1.26. The molecule has 0 saturated heterocycles. The maximum atomic E-state index is 9.61. The van der Waals surface area contributed by atoms with Gasteiger partial charge in [0.15, 0.2) is 0 Å². The third kappa shape index (κ3) is 5.38. The minimum Gasteiger partial charge on any atom is -0.380 e. The van der Waals surface area contributed by atoms with E-state index in [-0.39, 0.29) is 5.92 Å². The van der Waals surface area contributed by atoms with Crippen molar-refractivity contribution in [2.75, 3.05) is 0 Å². The molecule has 1 aromatic carbocycles. The van der Waals surface area contributed by atoms with Gasteiger partial charge in [-0.2, -0.15) is 0 Å². The van der Waals surface area contributed by atoms with Crippen LogP contribution in [0.15, 0.2) is 24.3 Å². The smallest absolute Gasteiger partial charge is 0.117 e. The van der Waals surface area contributed by atoms with Gasteiger partial charge in [0.25, 0.3) is 0 Å². The van der Waals surface area contributed by atoms with Crippen LogP contribution >= 0.6 is 0 Å². The predicted octanol–water partition coefficient (Wildman–Crippen LogP) is 3.79. The van der Waals surface area contributed by atoms with Crippen molar-refractivity contribution < 1.29 is 5.11 Å². The van der Waals surface area contributed by atoms with E-state index in [2.05, 4.69) is 30.9 Å². The summed E-state index contributed by atoms with van der Waals surface area (Å²) in [4.78, 5) is 0. The van der Waals surface area contributed by atoms with Crippen molar-refractivity contribution >= 4 is 0 Å². The Morgan fingerprint density at radius 2 is 1.78 bits per heavy atom. The summed E-state index contributed by atoms with van der Waals surface area (Å²) in [5, 5.41) is 9.61. The first-order chi connectivity index (χ1) is 8.63. The molecule has 1 aromatic rings. The average Bonchev–Trinajstić information content (AvgIpc) is 2.37. The topological polar surface area (TPSA) is 20.2 Å². The van der Waals surface area contributed by atoms with Crippen LogP contribution in [0.3, 0.4) is 0 Å². The van der Waals surface area contributed by atoms with Gasteiger partial charge in [-0.15, -0.1) is 0 Å². The fraction of sp³-hybridized carbons (Fsp3) is 0.529. The van der Waals surface area contributed by atoms with Crippen LogP contribution in [0.4, 0.5) is 0 Å². The zero-order chi connectivity index (χ0) is 13.4. The minimum absolute atomic E-state index is 0.186. The first kappa shape index (κ1) is 14.8. The molecule has 98 valence electrons. The Kier molecular flexibility index (Phi) is 6.54. The van der Waals surface area contributed by atoms with Crippen LogP contribution in [-0.4, -0.2) is 11.2 Å². The molecule has 0 amide bonds. The van der Waals surface area contributed by atoms with Gasteiger partial charge in [0.1, 0.15) is 6.10 Å². The van der Waals surface area contributed by atoms with E-state index in [0.29, 0.717) is 0 Å². The van der Waals surface area contributed by atoms with Crippen LogP contribution in [0, 0.1) is 17.8 Å². The fourth-order valence-electron chi connectivity index (χ4n) is 1.66. The van der Waals surface area contributed by atoms with E-state index < -0.39 is 6.10 Å². The molecule has 0 radical (unpaired) electrons. The molecule has 1 heteroatoms. The van der Waals surface area contributed by atoms with E-state index in [4.69, 9.17) is 0 Å². The maximum Gasteiger partial charge on any atom is 0.117 e. The number of aryl methyl sites for hydroxylation is 1. The van der Waals surface area contributed by atoms with E-state index in [9.17, 15) is 5.11 Å². The van der Waals surface area contributed by atoms with Gasteiger partial charge in [0, 0.05) is 5.56 Å². The van der Waals surface area contributed by atoms with Gasteiger partial charge in [0.05, 0.1) is 0 Å². The molecule has 0 aromatic heterocycles. The van der Waals surface area contributed by atoms with Gasteiger partial charge in [-0.3, -0.25) is 0 Å². The molecule has 1 N–H and O–H groups in total. The van der Waals surface area contributed by atoms with E-state index in [1.54, 1.807) is 0 Å². The summed E-state index contributed by atoms with van der Waals surface area (Å²) in [7, 11) is 0. The third-order valence-electron chi connectivity index (χ3n) is 3.02. The Morgan fingerprint density at radius 1 is 1.11 bits per heavy atom. The van der Waals surface area contributed by atoms with E-state index in [1.165, 1.54) is 24.8 Å². The molecule has 18 heavy (non-hydrogen) atoms. The van der Waals surface area contributed by atoms with Crippen LogP contribution in [0.25, 0.3) is 0 Å². The summed E-state index contributed by atoms with van der Waals surface area (Å²) in [6.07, 6.45) is 4.43. The van der Waals surface area contributed by atoms with Gasteiger partial charge in [-0.25, -0.2) is 0 Å². The van der Waals surface area contributed by atoms with Gasteiger partial charge in [-0.05, 0) is 36.5 Å². The van der Waals surface area contributed by atoms with Crippen molar-refractivity contribution in [2.45, 2.75) is 52.6 Å². The SMILES string of the molecule is CCCCCc1ccc(C#CC(O)C(C)C)cc1. The Morgan fingerprint density at radius 3 is 2.33 bits per heavy atom. The standard InChI is InChI=1S/C17H24O/c1-4-5-6-7-15-8-10-16(11-9-15)12-13-17(18)14(2)3/h8-11,14,17-18H,4-7H2,1-3H3. The summed E-state index contributed by atoms with van der Waals surface area (Å²) in [5.74, 6) is 6.08. The van der Waals surface area contributed by atoms with Gasteiger partial charge >= 0.3 is 0 Å². The molecule has 0 aliphatic carbocycles. The second kappa shape index (κ2) is 7.95. The summed E-state index contributed by atoms with van der Waals surface area (Å²) in [6, 6.07) is 8.37. The molecule has 0 aliphatic rings. The van der Waals surface area contributed by atoms with E-state index >= 15 is 0 Å². The second-order valence-corrected chi connectivity index (χ2v) is 5.11. The van der Waals surface area contributed by atoms with Crippen molar-refractivity contribution in [2.24, 2.45) is 5.92 Å². The number of aliphatic hydroxyl groups is 1. The Bertz CT molecular complexity index is 392. The summed E-state index contributed by atoms with van der Waals surface area (Å²) in [5.41, 5.74) is 2.35. The highest BCUT2D eigenvalue weighted by Gasteiger charge is 2.03. The number of benzene rings is 1. The monoisotopic (exact) mass is 244 g/mol. The highest BCUT2D eigenvalue weighted by atomic mass is 16.3. The lowest BCUT2D eigenvalue weighted by atomic mass is 10.0. The minimum atomic E-state index is -0.533. The number of unbranched alkanes of at least 4 members (excludes halogenated alkanes) is 2. The molecule has 0 fully saturated rings. The first-order valence-corrected chi connectivity index (χ1v) is 6.92. The van der Waals surface area contributed by atoms with Crippen LogP contribution in [0.2, 0.25) is 0 Å². The summed E-state index contributed by atoms with van der Waals surface area (Å²) < 4.78 is 0. The van der Waals surface area contributed by atoms with Crippen LogP contribution < -0.4 is 0 Å². The maximum absolute atomic E-state index is 9.61. The number of hydrogen-bond donors (Lipinski definition) is 1. The van der Waals surface area contributed by atoms with Crippen LogP contribution in [-0.2, 0) is 6.42 Å². The van der Waals surface area contributed by atoms with Crippen molar-refractivity contribution in [1.29, 1.82) is 0 Å². The molecule has 0 spiro atoms. The largest absolute Gasteiger partial charge is 0.380 e.